The number of benzene rings is 1. The Kier molecular flexibility index (Phi) is 0.348. The first-order valence-corrected chi connectivity index (χ1v) is 3.83. The molecule has 0 heteroatoms. The number of hydrogen-bond donors (Lipinski definition) is 0. The summed E-state index contributed by atoms with van der Waals surface area (Å²) in [5, 5.41) is 0. The van der Waals surface area contributed by atoms with Crippen LogP contribution in [0.3, 0.4) is 0 Å². The first-order chi connectivity index (χ1) is 4.95. The van der Waals surface area contributed by atoms with Crippen LogP contribution in [0.25, 0.3) is 11.6 Å². The molecule has 0 saturated heterocycles. The lowest BCUT2D eigenvalue weighted by molar-refractivity contribution is 0.692. The second-order valence-corrected chi connectivity index (χ2v) is 3.46. The Hall–Kier alpha value is -1.04. The molecule has 1 unspecified atom stereocenters. The van der Waals surface area contributed by atoms with Crippen molar-refractivity contribution in [3.05, 3.63) is 34.4 Å². The second-order valence-electron chi connectivity index (χ2n) is 3.46. The van der Waals surface area contributed by atoms with Gasteiger partial charge in [0.15, 0.2) is 0 Å². The van der Waals surface area contributed by atoms with Crippen molar-refractivity contribution < 1.29 is 0 Å². The maximum atomic E-state index is 2.34. The van der Waals surface area contributed by atoms with E-state index in [4.69, 9.17) is 0 Å². The van der Waals surface area contributed by atoms with Crippen LogP contribution < -0.4 is 0 Å². The van der Waals surface area contributed by atoms with Gasteiger partial charge in [-0.2, -0.15) is 0 Å². The van der Waals surface area contributed by atoms with Gasteiger partial charge in [-0.05, 0) is 40.3 Å². The van der Waals surface area contributed by atoms with Gasteiger partial charge in [0, 0.05) is 5.92 Å². The van der Waals surface area contributed by atoms with Crippen LogP contribution in [-0.2, 0) is 6.42 Å². The van der Waals surface area contributed by atoms with Gasteiger partial charge in [0.25, 0.3) is 0 Å². The predicted octanol–water partition coefficient (Wildman–Crippen LogP) is 2.19. The molecule has 1 atom stereocenters. The minimum absolute atomic E-state index is 0.888. The van der Waals surface area contributed by atoms with Crippen molar-refractivity contribution in [1.29, 1.82) is 0 Å². The van der Waals surface area contributed by atoms with E-state index in [1.54, 1.807) is 22.3 Å². The molecule has 10 heavy (non-hydrogen) atoms. The maximum Gasteiger partial charge on any atom is 0.0145 e. The summed E-state index contributed by atoms with van der Waals surface area (Å²) >= 11 is 0. The van der Waals surface area contributed by atoms with Crippen molar-refractivity contribution in [2.24, 2.45) is 0 Å². The standard InChI is InChI=1S/C10H6/c1-2-6-4-8-7-3-5(1)9(7)10(6)8/h1-3,8H,4H2. The van der Waals surface area contributed by atoms with Gasteiger partial charge in [0.1, 0.15) is 0 Å². The third-order valence-electron chi connectivity index (χ3n) is 3.12. The van der Waals surface area contributed by atoms with E-state index < -0.39 is 0 Å². The summed E-state index contributed by atoms with van der Waals surface area (Å²) in [5.41, 5.74) is 8.06. The molecule has 0 radical (unpaired) electrons. The summed E-state index contributed by atoms with van der Waals surface area (Å²) in [6, 6.07) is 4.55. The van der Waals surface area contributed by atoms with E-state index in [2.05, 4.69) is 18.2 Å². The lowest BCUT2D eigenvalue weighted by atomic mass is 9.54. The lowest BCUT2D eigenvalue weighted by Gasteiger charge is -2.49. The zero-order valence-corrected chi connectivity index (χ0v) is 5.52. The van der Waals surface area contributed by atoms with E-state index in [0.717, 1.165) is 5.92 Å². The summed E-state index contributed by atoms with van der Waals surface area (Å²) in [6.45, 7) is 0. The van der Waals surface area contributed by atoms with Crippen molar-refractivity contribution in [1.82, 2.24) is 0 Å². The van der Waals surface area contributed by atoms with Crippen LogP contribution in [0.5, 0.6) is 0 Å². The molecule has 46 valence electrons. The van der Waals surface area contributed by atoms with Gasteiger partial charge in [-0.15, -0.1) is 0 Å². The molecule has 1 aromatic rings. The summed E-state index contributed by atoms with van der Waals surface area (Å²) in [7, 11) is 0. The third kappa shape index (κ3) is 0.191. The fourth-order valence-electron chi connectivity index (χ4n) is 2.51. The highest BCUT2D eigenvalue weighted by atomic mass is 14.5. The van der Waals surface area contributed by atoms with Crippen LogP contribution in [0.1, 0.15) is 28.2 Å². The minimum Gasteiger partial charge on any atom is -0.0581 e. The summed E-state index contributed by atoms with van der Waals surface area (Å²) in [6.07, 6.45) is 3.67. The van der Waals surface area contributed by atoms with E-state index in [1.807, 2.05) is 0 Å². The molecule has 0 heterocycles. The van der Waals surface area contributed by atoms with E-state index in [0.29, 0.717) is 0 Å². The highest BCUT2D eigenvalue weighted by Gasteiger charge is 2.46. The summed E-state index contributed by atoms with van der Waals surface area (Å²) < 4.78 is 0. The number of rotatable bonds is 0. The second kappa shape index (κ2) is 0.878. The summed E-state index contributed by atoms with van der Waals surface area (Å²) in [4.78, 5) is 0. The quantitative estimate of drug-likeness (QED) is 0.500. The van der Waals surface area contributed by atoms with Crippen LogP contribution in [0.15, 0.2) is 12.1 Å². The van der Waals surface area contributed by atoms with Gasteiger partial charge in [-0.25, -0.2) is 0 Å². The Balaban J connectivity index is 2.35. The SMILES string of the molecule is C1=C2c3c1ccc1c3C2C1. The molecule has 0 amide bonds. The summed E-state index contributed by atoms with van der Waals surface area (Å²) in [5.74, 6) is 0.888. The van der Waals surface area contributed by atoms with E-state index in [-0.39, 0.29) is 0 Å². The highest BCUT2D eigenvalue weighted by molar-refractivity contribution is 6.08. The molecular formula is C10H6. The molecule has 1 aromatic carbocycles. The Morgan fingerprint density at radius 3 is 3.20 bits per heavy atom. The zero-order valence-electron chi connectivity index (χ0n) is 5.52. The molecule has 0 fully saturated rings. The van der Waals surface area contributed by atoms with Gasteiger partial charge in [-0.3, -0.25) is 0 Å². The minimum atomic E-state index is 0.888. The van der Waals surface area contributed by atoms with Gasteiger partial charge < -0.3 is 0 Å². The third-order valence-corrected chi connectivity index (χ3v) is 3.12. The number of fused-ring (bicyclic) bond motifs is 1. The number of hydrogen-bond acceptors (Lipinski definition) is 0. The molecule has 0 bridgehead atoms. The van der Waals surface area contributed by atoms with Crippen LogP contribution in [0, 0.1) is 0 Å². The number of allylic oxidation sites excluding steroid dienone is 1. The molecule has 0 spiro atoms. The molecule has 0 aromatic heterocycles. The first-order valence-electron chi connectivity index (χ1n) is 3.83. The molecule has 0 N–H and O–H groups in total. The topological polar surface area (TPSA) is 0 Å². The van der Waals surface area contributed by atoms with Crippen LogP contribution in [0.2, 0.25) is 0 Å². The zero-order chi connectivity index (χ0) is 6.29. The Morgan fingerprint density at radius 1 is 1.30 bits per heavy atom. The van der Waals surface area contributed by atoms with E-state index >= 15 is 0 Å². The largest absolute Gasteiger partial charge is 0.0581 e. The first kappa shape index (κ1) is 3.97. The average molecular weight is 126 g/mol. The lowest BCUT2D eigenvalue weighted by Crippen LogP contribution is -2.33. The van der Waals surface area contributed by atoms with Crippen LogP contribution in [0.4, 0.5) is 0 Å². The molecule has 3 aliphatic rings. The fraction of sp³-hybridized carbons (Fsp3) is 0.200. The monoisotopic (exact) mass is 126 g/mol. The average Bonchev–Trinajstić information content (AvgIpc) is 1.76. The van der Waals surface area contributed by atoms with Crippen molar-refractivity contribution in [2.75, 3.05) is 0 Å². The molecule has 0 aliphatic heterocycles. The molecule has 0 saturated carbocycles. The van der Waals surface area contributed by atoms with Crippen molar-refractivity contribution in [3.8, 4) is 0 Å². The Labute approximate surface area is 59.2 Å². The van der Waals surface area contributed by atoms with Gasteiger partial charge in [0.2, 0.25) is 0 Å². The van der Waals surface area contributed by atoms with Crippen LogP contribution in [-0.4, -0.2) is 0 Å². The fourth-order valence-corrected chi connectivity index (χ4v) is 2.51. The molecule has 4 rings (SSSR count). The molecular weight excluding hydrogens is 120 g/mol. The predicted molar refractivity (Wildman–Crippen MR) is 40.8 cm³/mol. The van der Waals surface area contributed by atoms with Crippen molar-refractivity contribution in [2.45, 2.75) is 12.3 Å². The van der Waals surface area contributed by atoms with Gasteiger partial charge in [-0.1, -0.05) is 12.1 Å². The van der Waals surface area contributed by atoms with Crippen molar-refractivity contribution >= 4 is 11.6 Å². The smallest absolute Gasteiger partial charge is 0.0145 e. The van der Waals surface area contributed by atoms with Crippen LogP contribution >= 0.6 is 0 Å². The Bertz CT molecular complexity index is 397. The van der Waals surface area contributed by atoms with Gasteiger partial charge >= 0.3 is 0 Å². The maximum absolute atomic E-state index is 2.34. The van der Waals surface area contributed by atoms with Gasteiger partial charge in [0.05, 0.1) is 0 Å². The van der Waals surface area contributed by atoms with Crippen molar-refractivity contribution in [3.63, 3.8) is 0 Å². The Morgan fingerprint density at radius 2 is 2.30 bits per heavy atom. The highest BCUT2D eigenvalue weighted by Crippen LogP contribution is 2.63. The molecule has 3 aliphatic carbocycles. The van der Waals surface area contributed by atoms with E-state index in [9.17, 15) is 0 Å². The normalized spacial score (nSPS) is 27.2. The molecule has 0 nitrogen and oxygen atoms in total. The van der Waals surface area contributed by atoms with E-state index in [1.165, 1.54) is 12.0 Å².